The van der Waals surface area contributed by atoms with Crippen LogP contribution in [0.25, 0.3) is 12.2 Å². The molecule has 13 heavy (non-hydrogen) atoms. The maximum atomic E-state index is 10.7. The molecule has 0 saturated carbocycles. The van der Waals surface area contributed by atoms with E-state index in [-0.39, 0.29) is 0 Å². The molecule has 1 heteroatoms. The second-order valence-electron chi connectivity index (χ2n) is 3.01. The molecule has 0 N–H and O–H groups in total. The van der Waals surface area contributed by atoms with Crippen molar-refractivity contribution in [3.63, 3.8) is 0 Å². The number of benzene rings is 1. The highest BCUT2D eigenvalue weighted by Gasteiger charge is 2.03. The Bertz CT molecular complexity index is 386. The predicted molar refractivity (Wildman–Crippen MR) is 54.5 cm³/mol. The molecule has 0 aliphatic heterocycles. The van der Waals surface area contributed by atoms with Crippen molar-refractivity contribution < 1.29 is 4.79 Å². The molecular weight excluding hydrogens is 160 g/mol. The van der Waals surface area contributed by atoms with Crippen LogP contribution < -0.4 is 0 Å². The number of hydrogen-bond acceptors (Lipinski definition) is 1. The number of rotatable bonds is 1. The van der Waals surface area contributed by atoms with E-state index in [9.17, 15) is 4.79 Å². The molecule has 0 bridgehead atoms. The highest BCUT2D eigenvalue weighted by atomic mass is 16.1. The molecule has 0 amide bonds. The van der Waals surface area contributed by atoms with Crippen LogP contribution >= 0.6 is 0 Å². The van der Waals surface area contributed by atoms with Gasteiger partial charge in [0.2, 0.25) is 0 Å². The van der Waals surface area contributed by atoms with Gasteiger partial charge in [0, 0.05) is 5.56 Å². The SMILES string of the molecule is O=Cc1cccc2c1C=CCC=C2. The van der Waals surface area contributed by atoms with E-state index in [4.69, 9.17) is 0 Å². The smallest absolute Gasteiger partial charge is 0.150 e. The average molecular weight is 170 g/mol. The van der Waals surface area contributed by atoms with Crippen molar-refractivity contribution in [1.29, 1.82) is 0 Å². The van der Waals surface area contributed by atoms with Gasteiger partial charge in [0.25, 0.3) is 0 Å². The van der Waals surface area contributed by atoms with Gasteiger partial charge in [-0.25, -0.2) is 0 Å². The maximum Gasteiger partial charge on any atom is 0.150 e. The molecule has 2 rings (SSSR count). The van der Waals surface area contributed by atoms with Crippen molar-refractivity contribution in [3.05, 3.63) is 47.0 Å². The van der Waals surface area contributed by atoms with Crippen LogP contribution in [-0.4, -0.2) is 6.29 Å². The predicted octanol–water partition coefficient (Wildman–Crippen LogP) is 2.93. The third-order valence-electron chi connectivity index (χ3n) is 2.15. The van der Waals surface area contributed by atoms with E-state index in [2.05, 4.69) is 18.2 Å². The summed E-state index contributed by atoms with van der Waals surface area (Å²) in [5.74, 6) is 0. The van der Waals surface area contributed by atoms with E-state index in [0.29, 0.717) is 0 Å². The normalized spacial score (nSPS) is 13.5. The summed E-state index contributed by atoms with van der Waals surface area (Å²) in [6, 6.07) is 5.77. The second kappa shape index (κ2) is 3.40. The Morgan fingerprint density at radius 1 is 1.15 bits per heavy atom. The lowest BCUT2D eigenvalue weighted by molar-refractivity contribution is 0.112. The summed E-state index contributed by atoms with van der Waals surface area (Å²) in [6.45, 7) is 0. The van der Waals surface area contributed by atoms with Gasteiger partial charge in [-0.15, -0.1) is 0 Å². The van der Waals surface area contributed by atoms with Gasteiger partial charge in [-0.3, -0.25) is 4.79 Å². The maximum absolute atomic E-state index is 10.7. The fourth-order valence-corrected chi connectivity index (χ4v) is 1.50. The molecule has 0 fully saturated rings. The lowest BCUT2D eigenvalue weighted by Crippen LogP contribution is -1.88. The first-order valence-corrected chi connectivity index (χ1v) is 4.33. The summed E-state index contributed by atoms with van der Waals surface area (Å²) in [6.07, 6.45) is 10.1. The van der Waals surface area contributed by atoms with Gasteiger partial charge in [-0.05, 0) is 17.5 Å². The second-order valence-corrected chi connectivity index (χ2v) is 3.01. The van der Waals surface area contributed by atoms with E-state index in [1.165, 1.54) is 0 Å². The number of hydrogen-bond donors (Lipinski definition) is 0. The Morgan fingerprint density at radius 3 is 2.85 bits per heavy atom. The minimum absolute atomic E-state index is 0.764. The number of allylic oxidation sites excluding steroid dienone is 2. The van der Waals surface area contributed by atoms with Crippen molar-refractivity contribution >= 4 is 18.4 Å². The van der Waals surface area contributed by atoms with Gasteiger partial charge in [-0.1, -0.05) is 42.5 Å². The molecule has 1 aromatic carbocycles. The van der Waals surface area contributed by atoms with Crippen molar-refractivity contribution in [3.8, 4) is 0 Å². The Kier molecular flexibility index (Phi) is 2.09. The van der Waals surface area contributed by atoms with Crippen LogP contribution in [0, 0.1) is 0 Å². The van der Waals surface area contributed by atoms with Crippen LogP contribution in [0.15, 0.2) is 30.4 Å². The fourth-order valence-electron chi connectivity index (χ4n) is 1.50. The molecule has 1 aliphatic rings. The summed E-state index contributed by atoms with van der Waals surface area (Å²) < 4.78 is 0. The molecule has 0 spiro atoms. The van der Waals surface area contributed by atoms with Crippen molar-refractivity contribution in [2.75, 3.05) is 0 Å². The van der Waals surface area contributed by atoms with Crippen LogP contribution in [0.5, 0.6) is 0 Å². The quantitative estimate of drug-likeness (QED) is 0.592. The first-order chi connectivity index (χ1) is 6.42. The molecule has 0 atom stereocenters. The molecule has 0 aromatic heterocycles. The van der Waals surface area contributed by atoms with E-state index in [1.807, 2.05) is 24.3 Å². The van der Waals surface area contributed by atoms with E-state index >= 15 is 0 Å². The Morgan fingerprint density at radius 2 is 2.00 bits per heavy atom. The van der Waals surface area contributed by atoms with Gasteiger partial charge < -0.3 is 0 Å². The summed E-state index contributed by atoms with van der Waals surface area (Å²) >= 11 is 0. The molecule has 1 aromatic rings. The molecule has 0 unspecified atom stereocenters. The standard InChI is InChI=1S/C12H10O/c13-9-11-7-4-6-10-5-2-1-3-8-12(10)11/h2-9H,1H2. The zero-order valence-electron chi connectivity index (χ0n) is 7.23. The van der Waals surface area contributed by atoms with Crippen LogP contribution in [0.4, 0.5) is 0 Å². The van der Waals surface area contributed by atoms with Gasteiger partial charge in [0.15, 0.2) is 6.29 Å². The van der Waals surface area contributed by atoms with E-state index < -0.39 is 0 Å². The molecule has 1 aliphatic carbocycles. The van der Waals surface area contributed by atoms with Gasteiger partial charge >= 0.3 is 0 Å². The lowest BCUT2D eigenvalue weighted by atomic mass is 10.0. The van der Waals surface area contributed by atoms with Crippen LogP contribution in [0.2, 0.25) is 0 Å². The highest BCUT2D eigenvalue weighted by molar-refractivity contribution is 5.85. The average Bonchev–Trinajstić information content (AvgIpc) is 2.41. The molecule has 1 nitrogen and oxygen atoms in total. The van der Waals surface area contributed by atoms with Gasteiger partial charge in [0.1, 0.15) is 0 Å². The number of carbonyl (C=O) groups is 1. The van der Waals surface area contributed by atoms with Crippen molar-refractivity contribution in [2.45, 2.75) is 6.42 Å². The zero-order valence-corrected chi connectivity index (χ0v) is 7.23. The summed E-state index contributed by atoms with van der Waals surface area (Å²) in [5, 5.41) is 0. The van der Waals surface area contributed by atoms with E-state index in [0.717, 1.165) is 29.4 Å². The van der Waals surface area contributed by atoms with Gasteiger partial charge in [-0.2, -0.15) is 0 Å². The zero-order chi connectivity index (χ0) is 9.10. The molecule has 0 radical (unpaired) electrons. The minimum Gasteiger partial charge on any atom is -0.298 e. The monoisotopic (exact) mass is 170 g/mol. The molecule has 0 heterocycles. The third kappa shape index (κ3) is 1.45. The van der Waals surface area contributed by atoms with Crippen LogP contribution in [-0.2, 0) is 0 Å². The summed E-state index contributed by atoms with van der Waals surface area (Å²) in [5.41, 5.74) is 2.92. The Labute approximate surface area is 77.4 Å². The van der Waals surface area contributed by atoms with Gasteiger partial charge in [0.05, 0.1) is 0 Å². The molecule has 0 saturated heterocycles. The van der Waals surface area contributed by atoms with Crippen molar-refractivity contribution in [2.24, 2.45) is 0 Å². The number of aldehydes is 1. The minimum atomic E-state index is 0.764. The number of carbonyl (C=O) groups excluding carboxylic acids is 1. The van der Waals surface area contributed by atoms with Crippen LogP contribution in [0.1, 0.15) is 27.9 Å². The Balaban J connectivity index is 2.66. The first-order valence-electron chi connectivity index (χ1n) is 4.33. The van der Waals surface area contributed by atoms with Crippen molar-refractivity contribution in [1.82, 2.24) is 0 Å². The number of fused-ring (bicyclic) bond motifs is 1. The fraction of sp³-hybridized carbons (Fsp3) is 0.0833. The van der Waals surface area contributed by atoms with E-state index in [1.54, 1.807) is 0 Å². The topological polar surface area (TPSA) is 17.1 Å². The Hall–Kier alpha value is -1.63. The summed E-state index contributed by atoms with van der Waals surface area (Å²) in [4.78, 5) is 10.7. The third-order valence-corrected chi connectivity index (χ3v) is 2.15. The first kappa shape index (κ1) is 7.99. The van der Waals surface area contributed by atoms with Crippen LogP contribution in [0.3, 0.4) is 0 Å². The largest absolute Gasteiger partial charge is 0.298 e. The summed E-state index contributed by atoms with van der Waals surface area (Å²) in [7, 11) is 0. The molecular formula is C12H10O. The molecule has 64 valence electrons. The highest BCUT2D eigenvalue weighted by Crippen LogP contribution is 2.19. The lowest BCUT2D eigenvalue weighted by Gasteiger charge is -2.02.